The summed E-state index contributed by atoms with van der Waals surface area (Å²) < 4.78 is 5.53. The summed E-state index contributed by atoms with van der Waals surface area (Å²) in [4.78, 5) is 16.1. The van der Waals surface area contributed by atoms with Crippen LogP contribution >= 0.6 is 0 Å². The number of hydrogen-bond donors (Lipinski definition) is 1. The van der Waals surface area contributed by atoms with Crippen LogP contribution in [0.25, 0.3) is 0 Å². The molecule has 19 heavy (non-hydrogen) atoms. The van der Waals surface area contributed by atoms with Gasteiger partial charge in [0, 0.05) is 23.7 Å². The Morgan fingerprint density at radius 2 is 2.05 bits per heavy atom. The van der Waals surface area contributed by atoms with E-state index in [-0.39, 0.29) is 17.4 Å². The van der Waals surface area contributed by atoms with Crippen LogP contribution in [0.5, 0.6) is 0 Å². The van der Waals surface area contributed by atoms with Crippen molar-refractivity contribution in [2.75, 3.05) is 13.2 Å². The van der Waals surface area contributed by atoms with Gasteiger partial charge in [-0.25, -0.2) is 0 Å². The van der Waals surface area contributed by atoms with E-state index in [2.05, 4.69) is 10.3 Å². The molecule has 0 saturated carbocycles. The molecule has 1 saturated heterocycles. The molecule has 4 heteroatoms. The van der Waals surface area contributed by atoms with Crippen LogP contribution < -0.4 is 5.32 Å². The molecule has 4 nitrogen and oxygen atoms in total. The van der Waals surface area contributed by atoms with Gasteiger partial charge in [0.2, 0.25) is 5.91 Å². The lowest BCUT2D eigenvalue weighted by atomic mass is 9.92. The van der Waals surface area contributed by atoms with Gasteiger partial charge in [-0.05, 0) is 24.1 Å². The average Bonchev–Trinajstić information content (AvgIpc) is 2.77. The van der Waals surface area contributed by atoms with E-state index in [0.29, 0.717) is 19.1 Å². The number of ether oxygens (including phenoxy) is 1. The first-order valence-corrected chi connectivity index (χ1v) is 6.74. The average molecular weight is 262 g/mol. The summed E-state index contributed by atoms with van der Waals surface area (Å²) in [5.74, 6) is 0.427. The van der Waals surface area contributed by atoms with Gasteiger partial charge >= 0.3 is 0 Å². The maximum atomic E-state index is 12.0. The molecule has 1 fully saturated rings. The maximum Gasteiger partial charge on any atom is 0.225 e. The zero-order valence-electron chi connectivity index (χ0n) is 11.8. The second kappa shape index (κ2) is 5.70. The van der Waals surface area contributed by atoms with Crippen molar-refractivity contribution in [3.8, 4) is 0 Å². The third-order valence-corrected chi connectivity index (χ3v) is 3.44. The van der Waals surface area contributed by atoms with Gasteiger partial charge < -0.3 is 10.1 Å². The van der Waals surface area contributed by atoms with Crippen LogP contribution in [0, 0.1) is 11.3 Å². The molecular formula is C15H22N2O2. The quantitative estimate of drug-likeness (QED) is 0.903. The fraction of sp³-hybridized carbons (Fsp3) is 0.600. The number of carbonyl (C=O) groups excluding carboxylic acids is 1. The maximum absolute atomic E-state index is 12.0. The lowest BCUT2D eigenvalue weighted by Gasteiger charge is -2.24. The van der Waals surface area contributed by atoms with Crippen molar-refractivity contribution in [1.29, 1.82) is 0 Å². The van der Waals surface area contributed by atoms with E-state index < -0.39 is 0 Å². The fourth-order valence-electron chi connectivity index (χ4n) is 2.17. The molecule has 1 N–H and O–H groups in total. The Bertz CT molecular complexity index is 426. The minimum absolute atomic E-state index is 0.0859. The molecule has 1 aromatic rings. The SMILES string of the molecule is CC(C)(C)C(=O)N[C@@H]1COC[C@H]1Cc1ccncc1. The molecule has 0 aromatic carbocycles. The van der Waals surface area contributed by atoms with Crippen LogP contribution in [0.3, 0.4) is 0 Å². The molecule has 2 heterocycles. The van der Waals surface area contributed by atoms with Gasteiger partial charge in [0.1, 0.15) is 0 Å². The van der Waals surface area contributed by atoms with Crippen molar-refractivity contribution in [3.63, 3.8) is 0 Å². The highest BCUT2D eigenvalue weighted by atomic mass is 16.5. The molecule has 0 spiro atoms. The van der Waals surface area contributed by atoms with Crippen LogP contribution in [0.1, 0.15) is 26.3 Å². The Labute approximate surface area is 114 Å². The highest BCUT2D eigenvalue weighted by Crippen LogP contribution is 2.21. The number of aromatic nitrogens is 1. The third kappa shape index (κ3) is 3.77. The van der Waals surface area contributed by atoms with E-state index in [9.17, 15) is 4.79 Å². The van der Waals surface area contributed by atoms with Crippen molar-refractivity contribution in [2.45, 2.75) is 33.2 Å². The molecule has 0 radical (unpaired) electrons. The van der Waals surface area contributed by atoms with Crippen molar-refractivity contribution in [1.82, 2.24) is 10.3 Å². The smallest absolute Gasteiger partial charge is 0.225 e. The highest BCUT2D eigenvalue weighted by molar-refractivity contribution is 5.81. The zero-order valence-corrected chi connectivity index (χ0v) is 11.8. The summed E-state index contributed by atoms with van der Waals surface area (Å²) in [5.41, 5.74) is 0.879. The number of amides is 1. The number of nitrogens with zero attached hydrogens (tertiary/aromatic N) is 1. The minimum atomic E-state index is -0.357. The van der Waals surface area contributed by atoms with E-state index in [4.69, 9.17) is 4.74 Å². The predicted octanol–water partition coefficient (Wildman–Crippen LogP) is 1.80. The minimum Gasteiger partial charge on any atom is -0.379 e. The molecule has 0 aliphatic carbocycles. The van der Waals surface area contributed by atoms with Crippen molar-refractivity contribution >= 4 is 5.91 Å². The van der Waals surface area contributed by atoms with Crippen LogP contribution in [-0.2, 0) is 16.0 Å². The highest BCUT2D eigenvalue weighted by Gasteiger charge is 2.32. The summed E-state index contributed by atoms with van der Waals surface area (Å²) in [6.07, 6.45) is 4.51. The van der Waals surface area contributed by atoms with Crippen LogP contribution in [0.4, 0.5) is 0 Å². The van der Waals surface area contributed by atoms with E-state index in [1.54, 1.807) is 12.4 Å². The number of nitrogens with one attached hydrogen (secondary N) is 1. The van der Waals surface area contributed by atoms with Gasteiger partial charge in [0.15, 0.2) is 0 Å². The number of hydrogen-bond acceptors (Lipinski definition) is 3. The number of pyridine rings is 1. The Morgan fingerprint density at radius 3 is 2.68 bits per heavy atom. The van der Waals surface area contributed by atoms with Gasteiger partial charge in [-0.2, -0.15) is 0 Å². The summed E-state index contributed by atoms with van der Waals surface area (Å²) in [7, 11) is 0. The summed E-state index contributed by atoms with van der Waals surface area (Å²) >= 11 is 0. The molecule has 0 bridgehead atoms. The lowest BCUT2D eigenvalue weighted by Crippen LogP contribution is -2.45. The van der Waals surface area contributed by atoms with Gasteiger partial charge in [0.25, 0.3) is 0 Å². The standard InChI is InChI=1S/C15H22N2O2/c1-15(2,3)14(18)17-13-10-19-9-12(13)8-11-4-6-16-7-5-11/h4-7,12-13H,8-10H2,1-3H3,(H,17,18)/t12-,13-/m1/s1. The largest absolute Gasteiger partial charge is 0.379 e. The van der Waals surface area contributed by atoms with Gasteiger partial charge in [-0.3, -0.25) is 9.78 Å². The monoisotopic (exact) mass is 262 g/mol. The van der Waals surface area contributed by atoms with Gasteiger partial charge in [-0.15, -0.1) is 0 Å². The van der Waals surface area contributed by atoms with Crippen molar-refractivity contribution in [3.05, 3.63) is 30.1 Å². The van der Waals surface area contributed by atoms with E-state index in [1.807, 2.05) is 32.9 Å². The van der Waals surface area contributed by atoms with E-state index in [0.717, 1.165) is 6.42 Å². The normalized spacial score (nSPS) is 23.3. The van der Waals surface area contributed by atoms with E-state index >= 15 is 0 Å². The van der Waals surface area contributed by atoms with Crippen LogP contribution in [0.2, 0.25) is 0 Å². The first-order chi connectivity index (χ1) is 8.97. The van der Waals surface area contributed by atoms with E-state index in [1.165, 1.54) is 5.56 Å². The molecule has 1 aromatic heterocycles. The number of rotatable bonds is 3. The second-order valence-electron chi connectivity index (χ2n) is 6.19. The van der Waals surface area contributed by atoms with Crippen LogP contribution in [0.15, 0.2) is 24.5 Å². The molecule has 2 rings (SSSR count). The van der Waals surface area contributed by atoms with Gasteiger partial charge in [-0.1, -0.05) is 20.8 Å². The van der Waals surface area contributed by atoms with Crippen molar-refractivity contribution in [2.24, 2.45) is 11.3 Å². The molecule has 1 aliphatic heterocycles. The second-order valence-corrected chi connectivity index (χ2v) is 6.19. The Hall–Kier alpha value is -1.42. The summed E-state index contributed by atoms with van der Waals surface area (Å²) in [6, 6.07) is 4.14. The first kappa shape index (κ1) is 14.0. The third-order valence-electron chi connectivity index (χ3n) is 3.44. The van der Waals surface area contributed by atoms with Crippen molar-refractivity contribution < 1.29 is 9.53 Å². The Balaban J connectivity index is 1.96. The summed E-state index contributed by atoms with van der Waals surface area (Å²) in [6.45, 7) is 7.09. The zero-order chi connectivity index (χ0) is 13.9. The molecule has 104 valence electrons. The molecular weight excluding hydrogens is 240 g/mol. The molecule has 2 atom stereocenters. The molecule has 1 amide bonds. The topological polar surface area (TPSA) is 51.2 Å². The predicted molar refractivity (Wildman–Crippen MR) is 73.6 cm³/mol. The lowest BCUT2D eigenvalue weighted by molar-refractivity contribution is -0.129. The molecule has 0 unspecified atom stereocenters. The fourth-order valence-corrected chi connectivity index (χ4v) is 2.17. The van der Waals surface area contributed by atoms with Gasteiger partial charge in [0.05, 0.1) is 19.3 Å². The Kier molecular flexibility index (Phi) is 4.20. The van der Waals surface area contributed by atoms with Crippen LogP contribution in [-0.4, -0.2) is 30.1 Å². The summed E-state index contributed by atoms with van der Waals surface area (Å²) in [5, 5.41) is 3.11. The molecule has 1 aliphatic rings. The number of carbonyl (C=O) groups is 1. The first-order valence-electron chi connectivity index (χ1n) is 6.74. The Morgan fingerprint density at radius 1 is 1.37 bits per heavy atom.